The van der Waals surface area contributed by atoms with E-state index in [4.69, 9.17) is 26.6 Å². The first-order valence-electron chi connectivity index (χ1n) is 8.04. The molecule has 10 heteroatoms. The van der Waals surface area contributed by atoms with Crippen molar-refractivity contribution >= 4 is 40.9 Å². The monoisotopic (exact) mass is 418 g/mol. The maximum atomic E-state index is 12.2. The second-order valence-corrected chi connectivity index (χ2v) is 6.88. The molecule has 0 unspecified atom stereocenters. The Bertz CT molecular complexity index is 995. The number of nitrogens with two attached hydrogens (primary N) is 1. The van der Waals surface area contributed by atoms with E-state index in [1.807, 2.05) is 0 Å². The van der Waals surface area contributed by atoms with Crippen molar-refractivity contribution in [2.75, 3.05) is 17.7 Å². The van der Waals surface area contributed by atoms with Crippen LogP contribution in [0.3, 0.4) is 0 Å². The third kappa shape index (κ3) is 5.24. The Morgan fingerprint density at radius 3 is 2.71 bits per heavy atom. The molecule has 0 aliphatic rings. The fourth-order valence-electron chi connectivity index (χ4n) is 2.18. The Labute approximate surface area is 169 Å². The Morgan fingerprint density at radius 1 is 1.18 bits per heavy atom. The Hall–Kier alpha value is -3.04. The molecule has 0 atom stereocenters. The molecule has 28 heavy (non-hydrogen) atoms. The second kappa shape index (κ2) is 9.25. The quantitative estimate of drug-likeness (QED) is 0.539. The number of halogens is 1. The van der Waals surface area contributed by atoms with E-state index in [1.54, 1.807) is 48.5 Å². The van der Waals surface area contributed by atoms with Gasteiger partial charge in [0.05, 0.1) is 16.5 Å². The van der Waals surface area contributed by atoms with Crippen molar-refractivity contribution in [3.05, 3.63) is 53.6 Å². The number of rotatable bonds is 8. The number of nitrogens with zero attached hydrogens (tertiary/aromatic N) is 2. The average Bonchev–Trinajstić information content (AvgIpc) is 3.15. The second-order valence-electron chi connectivity index (χ2n) is 5.45. The van der Waals surface area contributed by atoms with Crippen molar-refractivity contribution in [2.45, 2.75) is 4.90 Å². The molecule has 0 spiro atoms. The van der Waals surface area contributed by atoms with Crippen molar-refractivity contribution in [2.24, 2.45) is 5.73 Å². The Balaban J connectivity index is 1.58. The molecular weight excluding hydrogens is 404 g/mol. The van der Waals surface area contributed by atoms with Crippen LogP contribution in [0.5, 0.6) is 6.08 Å². The summed E-state index contributed by atoms with van der Waals surface area (Å²) in [6, 6.07) is 14.1. The molecule has 1 aromatic heterocycles. The third-order valence-electron chi connectivity index (χ3n) is 3.38. The van der Waals surface area contributed by atoms with Gasteiger partial charge in [-0.3, -0.25) is 14.1 Å². The highest BCUT2D eigenvalue weighted by Gasteiger charge is 2.14. The first-order valence-corrected chi connectivity index (χ1v) is 9.40. The number of hydrogen-bond donors (Lipinski definition) is 2. The van der Waals surface area contributed by atoms with E-state index in [0.29, 0.717) is 21.2 Å². The summed E-state index contributed by atoms with van der Waals surface area (Å²) >= 11 is 7.32. The van der Waals surface area contributed by atoms with E-state index in [9.17, 15) is 9.59 Å². The topological polar surface area (TPSA) is 120 Å². The van der Waals surface area contributed by atoms with Crippen molar-refractivity contribution in [1.29, 1.82) is 0 Å². The number of amides is 2. The normalized spacial score (nSPS) is 10.5. The molecule has 8 nitrogen and oxygen atoms in total. The van der Waals surface area contributed by atoms with Gasteiger partial charge in [-0.05, 0) is 24.3 Å². The molecule has 0 saturated carbocycles. The third-order valence-corrected chi connectivity index (χ3v) is 4.81. The van der Waals surface area contributed by atoms with Crippen LogP contribution in [-0.4, -0.2) is 34.3 Å². The highest BCUT2D eigenvalue weighted by molar-refractivity contribution is 8.00. The minimum Gasteiger partial charge on any atom is -0.439 e. The summed E-state index contributed by atoms with van der Waals surface area (Å²) < 4.78 is 10.2. The lowest BCUT2D eigenvalue weighted by Gasteiger charge is -2.09. The zero-order valence-electron chi connectivity index (χ0n) is 14.4. The summed E-state index contributed by atoms with van der Waals surface area (Å²) in [4.78, 5) is 27.9. The lowest BCUT2D eigenvalue weighted by molar-refractivity contribution is -0.118. The van der Waals surface area contributed by atoms with Crippen molar-refractivity contribution in [3.8, 4) is 17.5 Å². The maximum absolute atomic E-state index is 12.2. The summed E-state index contributed by atoms with van der Waals surface area (Å²) in [5.41, 5.74) is 6.29. The lowest BCUT2D eigenvalue weighted by Crippen LogP contribution is -2.20. The minimum absolute atomic E-state index is 0.107. The van der Waals surface area contributed by atoms with Crippen molar-refractivity contribution in [3.63, 3.8) is 0 Å². The van der Waals surface area contributed by atoms with E-state index in [2.05, 4.69) is 15.5 Å². The molecule has 2 aromatic carbocycles. The minimum atomic E-state index is -0.444. The van der Waals surface area contributed by atoms with Gasteiger partial charge in [0.25, 0.3) is 5.91 Å². The highest BCUT2D eigenvalue weighted by Crippen LogP contribution is 2.27. The summed E-state index contributed by atoms with van der Waals surface area (Å²) in [5.74, 6) is -0.505. The molecule has 3 N–H and O–H groups in total. The fraction of sp³-hybridized carbons (Fsp3) is 0.111. The number of hydrogen-bond acceptors (Lipinski definition) is 7. The summed E-state index contributed by atoms with van der Waals surface area (Å²) in [7, 11) is 0. The molecule has 0 aliphatic carbocycles. The smallest absolute Gasteiger partial charge is 0.418 e. The number of para-hydroxylation sites is 1. The number of anilines is 1. The Kier molecular flexibility index (Phi) is 6.51. The molecule has 0 radical (unpaired) electrons. The van der Waals surface area contributed by atoms with Gasteiger partial charge in [0.2, 0.25) is 11.7 Å². The van der Waals surface area contributed by atoms with Gasteiger partial charge in [0, 0.05) is 10.5 Å². The molecule has 3 rings (SSSR count). The fourth-order valence-corrected chi connectivity index (χ4v) is 3.15. The van der Waals surface area contributed by atoms with E-state index >= 15 is 0 Å². The highest BCUT2D eigenvalue weighted by atomic mass is 35.5. The molecule has 2 amide bonds. The van der Waals surface area contributed by atoms with Gasteiger partial charge < -0.3 is 15.8 Å². The predicted octanol–water partition coefficient (Wildman–Crippen LogP) is 2.98. The van der Waals surface area contributed by atoms with Crippen LogP contribution >= 0.6 is 23.4 Å². The van der Waals surface area contributed by atoms with Gasteiger partial charge in [0.1, 0.15) is 0 Å². The molecule has 144 valence electrons. The van der Waals surface area contributed by atoms with E-state index < -0.39 is 11.8 Å². The van der Waals surface area contributed by atoms with Crippen LogP contribution in [-0.2, 0) is 9.59 Å². The first kappa shape index (κ1) is 19.7. The van der Waals surface area contributed by atoms with Gasteiger partial charge in [-0.2, -0.15) is 4.98 Å². The van der Waals surface area contributed by atoms with Gasteiger partial charge in [0.15, 0.2) is 6.61 Å². The van der Waals surface area contributed by atoms with Crippen LogP contribution in [0.2, 0.25) is 5.02 Å². The number of carbonyl (C=O) groups excluding carboxylic acids is 2. The standard InChI is InChI=1S/C18H15ClN4O4S/c19-12-6-2-1-5-11(12)17-22-18(27-23-17)26-9-16(25)21-13-7-3-4-8-14(13)28-10-15(20)24/h1-8H,9-10H2,(H2,20,24)(H,21,25). The predicted molar refractivity (Wildman–Crippen MR) is 105 cm³/mol. The number of thioether (sulfide) groups is 1. The Morgan fingerprint density at radius 2 is 1.93 bits per heavy atom. The van der Waals surface area contributed by atoms with Crippen molar-refractivity contribution in [1.82, 2.24) is 10.1 Å². The van der Waals surface area contributed by atoms with Crippen LogP contribution < -0.4 is 15.8 Å². The molecule has 0 saturated heterocycles. The first-order chi connectivity index (χ1) is 13.5. The molecular formula is C18H15ClN4O4S. The van der Waals surface area contributed by atoms with Crippen molar-refractivity contribution < 1.29 is 18.8 Å². The summed E-state index contributed by atoms with van der Waals surface area (Å²) in [6.07, 6.45) is -0.151. The van der Waals surface area contributed by atoms with E-state index in [0.717, 1.165) is 0 Å². The molecule has 1 heterocycles. The summed E-state index contributed by atoms with van der Waals surface area (Å²) in [5, 5.41) is 6.96. The van der Waals surface area contributed by atoms with Gasteiger partial charge in [-0.1, -0.05) is 41.0 Å². The van der Waals surface area contributed by atoms with Crippen LogP contribution in [0.15, 0.2) is 57.9 Å². The zero-order valence-corrected chi connectivity index (χ0v) is 16.0. The van der Waals surface area contributed by atoms with Crippen LogP contribution in [0.4, 0.5) is 5.69 Å². The van der Waals surface area contributed by atoms with Crippen LogP contribution in [0, 0.1) is 0 Å². The van der Waals surface area contributed by atoms with Gasteiger partial charge in [-0.25, -0.2) is 0 Å². The molecule has 0 bridgehead atoms. The summed E-state index contributed by atoms with van der Waals surface area (Å²) in [6.45, 7) is -0.334. The van der Waals surface area contributed by atoms with E-state index in [1.165, 1.54) is 11.8 Å². The molecule has 3 aromatic rings. The zero-order chi connectivity index (χ0) is 19.9. The number of carbonyl (C=O) groups is 2. The number of ether oxygens (including phenoxy) is 1. The number of aromatic nitrogens is 2. The molecule has 0 aliphatic heterocycles. The maximum Gasteiger partial charge on any atom is 0.418 e. The number of primary amides is 1. The van der Waals surface area contributed by atoms with Crippen LogP contribution in [0.25, 0.3) is 11.4 Å². The van der Waals surface area contributed by atoms with Crippen LogP contribution in [0.1, 0.15) is 0 Å². The van der Waals surface area contributed by atoms with Gasteiger partial charge in [-0.15, -0.1) is 11.8 Å². The lowest BCUT2D eigenvalue weighted by atomic mass is 10.2. The van der Waals surface area contributed by atoms with E-state index in [-0.39, 0.29) is 24.3 Å². The SMILES string of the molecule is NC(=O)CSc1ccccc1NC(=O)COc1nc(-c2ccccc2Cl)no1. The largest absolute Gasteiger partial charge is 0.439 e. The van der Waals surface area contributed by atoms with Gasteiger partial charge >= 0.3 is 6.08 Å². The average molecular weight is 419 g/mol. The molecule has 0 fully saturated rings. The number of benzene rings is 2. The number of nitrogens with one attached hydrogen (secondary N) is 1.